The number of rotatable bonds is 3. The summed E-state index contributed by atoms with van der Waals surface area (Å²) in [5.41, 5.74) is 3.43. The molecule has 0 aromatic rings. The molecule has 0 amide bonds. The van der Waals surface area contributed by atoms with Crippen LogP contribution in [0.5, 0.6) is 0 Å². The van der Waals surface area contributed by atoms with Gasteiger partial charge in [-0.15, -0.1) is 0 Å². The summed E-state index contributed by atoms with van der Waals surface area (Å²) in [6, 6.07) is 3.46. The lowest BCUT2D eigenvalue weighted by Gasteiger charge is -2.25. The third kappa shape index (κ3) is 3.08. The highest BCUT2D eigenvalue weighted by atomic mass is 16.5. The Morgan fingerprint density at radius 2 is 1.79 bits per heavy atom. The molecule has 0 aliphatic carbocycles. The minimum Gasteiger partial charge on any atom is -0.398 e. The fourth-order valence-corrected chi connectivity index (χ4v) is 0.651. The molecule has 0 aromatic carbocycles. The van der Waals surface area contributed by atoms with Crippen LogP contribution in [0.4, 0.5) is 0 Å². The van der Waals surface area contributed by atoms with Crippen molar-refractivity contribution >= 4 is 0 Å². The van der Waals surface area contributed by atoms with E-state index in [1.165, 1.54) is 0 Å². The molecule has 0 saturated heterocycles. The first kappa shape index (κ1) is 12.5. The van der Waals surface area contributed by atoms with Crippen molar-refractivity contribution in [3.8, 4) is 12.1 Å². The lowest BCUT2D eigenvalue weighted by molar-refractivity contribution is 0.0161. The standard InChI is InChI=1S/C10H15N3O/c1-8(13)10(5-11,6-12)14-7-9(2,3)4/h1,7,13H2,2-4H3. The van der Waals surface area contributed by atoms with Crippen LogP contribution in [-0.2, 0) is 4.74 Å². The summed E-state index contributed by atoms with van der Waals surface area (Å²) >= 11 is 0. The molecule has 4 heteroatoms. The van der Waals surface area contributed by atoms with E-state index < -0.39 is 5.60 Å². The van der Waals surface area contributed by atoms with Crippen LogP contribution in [-0.4, -0.2) is 12.2 Å². The van der Waals surface area contributed by atoms with Crippen LogP contribution < -0.4 is 5.73 Å². The van der Waals surface area contributed by atoms with Crippen LogP contribution in [0.2, 0.25) is 0 Å². The largest absolute Gasteiger partial charge is 0.398 e. The van der Waals surface area contributed by atoms with E-state index in [1.807, 2.05) is 20.8 Å². The Morgan fingerprint density at radius 1 is 1.36 bits per heavy atom. The SMILES string of the molecule is C=C(N)C(C#N)(C#N)OCC(C)(C)C. The topological polar surface area (TPSA) is 82.8 Å². The third-order valence-corrected chi connectivity index (χ3v) is 1.49. The molecule has 0 rings (SSSR count). The van der Waals surface area contributed by atoms with Crippen molar-refractivity contribution < 1.29 is 4.74 Å². The molecule has 0 radical (unpaired) electrons. The lowest BCUT2D eigenvalue weighted by atomic mass is 9.97. The minimum atomic E-state index is -1.71. The molecule has 2 N–H and O–H groups in total. The van der Waals surface area contributed by atoms with Crippen LogP contribution in [0.3, 0.4) is 0 Å². The predicted octanol–water partition coefficient (Wildman–Crippen LogP) is 1.31. The second-order valence-corrected chi connectivity index (χ2v) is 4.28. The van der Waals surface area contributed by atoms with Crippen molar-refractivity contribution in [2.24, 2.45) is 11.1 Å². The van der Waals surface area contributed by atoms with E-state index in [0.29, 0.717) is 0 Å². The van der Waals surface area contributed by atoms with Crippen molar-refractivity contribution in [3.05, 3.63) is 12.3 Å². The molecular weight excluding hydrogens is 178 g/mol. The average molecular weight is 193 g/mol. The smallest absolute Gasteiger partial charge is 0.280 e. The van der Waals surface area contributed by atoms with Crippen LogP contribution in [0, 0.1) is 28.1 Å². The molecule has 0 aliphatic heterocycles. The fourth-order valence-electron chi connectivity index (χ4n) is 0.651. The van der Waals surface area contributed by atoms with Crippen molar-refractivity contribution in [1.82, 2.24) is 0 Å². The number of hydrogen-bond acceptors (Lipinski definition) is 4. The first-order chi connectivity index (χ1) is 6.27. The third-order valence-electron chi connectivity index (χ3n) is 1.49. The highest BCUT2D eigenvalue weighted by molar-refractivity contribution is 5.32. The normalized spacial score (nSPS) is 11.5. The van der Waals surface area contributed by atoms with E-state index in [0.717, 1.165) is 0 Å². The molecule has 0 unspecified atom stereocenters. The van der Waals surface area contributed by atoms with Gasteiger partial charge in [-0.25, -0.2) is 0 Å². The van der Waals surface area contributed by atoms with Crippen LogP contribution in [0.15, 0.2) is 12.3 Å². The maximum Gasteiger partial charge on any atom is 0.280 e. The molecule has 0 aromatic heterocycles. The Hall–Kier alpha value is -1.52. The molecule has 0 saturated carbocycles. The summed E-state index contributed by atoms with van der Waals surface area (Å²) in [6.45, 7) is 9.45. The average Bonchev–Trinajstić information content (AvgIpc) is 2.04. The summed E-state index contributed by atoms with van der Waals surface area (Å²) in [4.78, 5) is 0. The Kier molecular flexibility index (Phi) is 3.68. The lowest BCUT2D eigenvalue weighted by Crippen LogP contribution is -2.37. The van der Waals surface area contributed by atoms with E-state index in [1.54, 1.807) is 12.1 Å². The Bertz CT molecular complexity index is 287. The molecule has 0 bridgehead atoms. The van der Waals surface area contributed by atoms with E-state index in [2.05, 4.69) is 6.58 Å². The number of ether oxygens (including phenoxy) is 1. The molecule has 0 spiro atoms. The van der Waals surface area contributed by atoms with Crippen LogP contribution in [0.25, 0.3) is 0 Å². The summed E-state index contributed by atoms with van der Waals surface area (Å²) in [5.74, 6) is 0. The van der Waals surface area contributed by atoms with Gasteiger partial charge in [0.25, 0.3) is 5.60 Å². The van der Waals surface area contributed by atoms with Crippen LogP contribution in [0.1, 0.15) is 20.8 Å². The number of hydrogen-bond donors (Lipinski definition) is 1. The van der Waals surface area contributed by atoms with E-state index >= 15 is 0 Å². The van der Waals surface area contributed by atoms with Gasteiger partial charge in [-0.2, -0.15) is 10.5 Å². The molecule has 4 nitrogen and oxygen atoms in total. The Morgan fingerprint density at radius 3 is 2.00 bits per heavy atom. The van der Waals surface area contributed by atoms with E-state index in [4.69, 9.17) is 21.0 Å². The van der Waals surface area contributed by atoms with Crippen molar-refractivity contribution in [3.63, 3.8) is 0 Å². The molecule has 14 heavy (non-hydrogen) atoms. The summed E-state index contributed by atoms with van der Waals surface area (Å²) in [7, 11) is 0. The zero-order chi connectivity index (χ0) is 11.4. The van der Waals surface area contributed by atoms with Crippen molar-refractivity contribution in [2.45, 2.75) is 26.4 Å². The Balaban J connectivity index is 4.68. The van der Waals surface area contributed by atoms with E-state index in [9.17, 15) is 0 Å². The van der Waals surface area contributed by atoms with E-state index in [-0.39, 0.29) is 17.7 Å². The summed E-state index contributed by atoms with van der Waals surface area (Å²) in [5, 5.41) is 17.6. The first-order valence-corrected chi connectivity index (χ1v) is 4.19. The monoisotopic (exact) mass is 193 g/mol. The maximum atomic E-state index is 8.81. The van der Waals surface area contributed by atoms with Gasteiger partial charge in [-0.05, 0) is 5.41 Å². The second kappa shape index (κ2) is 4.13. The van der Waals surface area contributed by atoms with Gasteiger partial charge in [0.2, 0.25) is 0 Å². The molecule has 0 heterocycles. The molecule has 76 valence electrons. The molecule has 0 atom stereocenters. The summed E-state index contributed by atoms with van der Waals surface area (Å²) < 4.78 is 5.21. The van der Waals surface area contributed by atoms with Gasteiger partial charge >= 0.3 is 0 Å². The van der Waals surface area contributed by atoms with Crippen molar-refractivity contribution in [2.75, 3.05) is 6.61 Å². The Labute approximate surface area is 84.6 Å². The fraction of sp³-hybridized carbons (Fsp3) is 0.600. The zero-order valence-electron chi connectivity index (χ0n) is 8.79. The maximum absolute atomic E-state index is 8.81. The molecular formula is C10H15N3O. The van der Waals surface area contributed by atoms with Crippen molar-refractivity contribution in [1.29, 1.82) is 10.5 Å². The molecule has 0 fully saturated rings. The van der Waals surface area contributed by atoms with Gasteiger partial charge in [-0.3, -0.25) is 0 Å². The zero-order valence-corrected chi connectivity index (χ0v) is 8.79. The van der Waals surface area contributed by atoms with Gasteiger partial charge in [0.15, 0.2) is 0 Å². The van der Waals surface area contributed by atoms with Gasteiger partial charge < -0.3 is 10.5 Å². The minimum absolute atomic E-state index is 0.0771. The number of nitrogens with two attached hydrogens (primary N) is 1. The molecule has 0 aliphatic rings. The van der Waals surface area contributed by atoms with Crippen LogP contribution >= 0.6 is 0 Å². The highest BCUT2D eigenvalue weighted by Crippen LogP contribution is 2.21. The quantitative estimate of drug-likeness (QED) is 0.732. The second-order valence-electron chi connectivity index (χ2n) is 4.28. The number of nitrogens with zero attached hydrogens (tertiary/aromatic N) is 2. The van der Waals surface area contributed by atoms with Gasteiger partial charge in [0, 0.05) is 0 Å². The summed E-state index contributed by atoms with van der Waals surface area (Å²) in [6.07, 6.45) is 0. The first-order valence-electron chi connectivity index (χ1n) is 4.19. The number of nitriles is 2. The predicted molar refractivity (Wildman–Crippen MR) is 52.7 cm³/mol. The van der Waals surface area contributed by atoms with Gasteiger partial charge in [-0.1, -0.05) is 27.4 Å². The van der Waals surface area contributed by atoms with Gasteiger partial charge in [0.1, 0.15) is 12.1 Å². The highest BCUT2D eigenvalue weighted by Gasteiger charge is 2.34. The van der Waals surface area contributed by atoms with Gasteiger partial charge in [0.05, 0.1) is 12.3 Å².